The van der Waals surface area contributed by atoms with Gasteiger partial charge in [0.25, 0.3) is 0 Å². The molecule has 1 amide bonds. The molecule has 98 valence electrons. The second kappa shape index (κ2) is 4.10. The Bertz CT molecular complexity index is 598. The van der Waals surface area contributed by atoms with Crippen LogP contribution in [-0.2, 0) is 14.3 Å². The average molecular weight is 278 g/mol. The molecule has 1 spiro atoms. The molecule has 2 atom stereocenters. The van der Waals surface area contributed by atoms with Crippen LogP contribution in [0.3, 0.4) is 0 Å². The summed E-state index contributed by atoms with van der Waals surface area (Å²) < 4.78 is 5.04. The van der Waals surface area contributed by atoms with Crippen molar-refractivity contribution in [2.45, 2.75) is 17.9 Å². The van der Waals surface area contributed by atoms with Gasteiger partial charge in [0.2, 0.25) is 5.91 Å². The van der Waals surface area contributed by atoms with Crippen LogP contribution in [0.5, 0.6) is 0 Å². The van der Waals surface area contributed by atoms with Gasteiger partial charge in [-0.15, -0.1) is 0 Å². The molecule has 4 nitrogen and oxygen atoms in total. The van der Waals surface area contributed by atoms with Crippen LogP contribution in [0.4, 0.5) is 0 Å². The molecule has 3 rings (SSSR count). The molecule has 2 aliphatic heterocycles. The summed E-state index contributed by atoms with van der Waals surface area (Å²) in [7, 11) is 0. The summed E-state index contributed by atoms with van der Waals surface area (Å²) in [4.78, 5) is 23.9. The molecular formula is C14H12ClNO3. The second-order valence-corrected chi connectivity index (χ2v) is 5.26. The lowest BCUT2D eigenvalue weighted by atomic mass is 9.77. The third-order valence-electron chi connectivity index (χ3n) is 3.75. The first kappa shape index (κ1) is 12.2. The summed E-state index contributed by atoms with van der Waals surface area (Å²) >= 11 is 5.99. The normalized spacial score (nSPS) is 29.7. The van der Waals surface area contributed by atoms with Crippen LogP contribution in [0.25, 0.3) is 0 Å². The smallest absolute Gasteiger partial charge is 0.333 e. The number of esters is 1. The number of carbonyl (C=O) groups is 2. The topological polar surface area (TPSA) is 55.4 Å². The summed E-state index contributed by atoms with van der Waals surface area (Å²) in [6.45, 7) is 4.12. The number of halogens is 1. The Morgan fingerprint density at radius 1 is 1.42 bits per heavy atom. The summed E-state index contributed by atoms with van der Waals surface area (Å²) in [6, 6.07) is 7.14. The van der Waals surface area contributed by atoms with Crippen molar-refractivity contribution in [2.75, 3.05) is 6.61 Å². The first-order valence-electron chi connectivity index (χ1n) is 5.98. The number of carbonyl (C=O) groups excluding carboxylic acids is 2. The molecule has 2 heterocycles. The van der Waals surface area contributed by atoms with E-state index in [2.05, 4.69) is 11.9 Å². The zero-order chi connectivity index (χ0) is 13.6. The zero-order valence-electron chi connectivity index (χ0n) is 10.1. The van der Waals surface area contributed by atoms with Crippen molar-refractivity contribution < 1.29 is 14.3 Å². The average Bonchev–Trinajstić information content (AvgIpc) is 2.83. The summed E-state index contributed by atoms with van der Waals surface area (Å²) in [5.74, 6) is -1.12. The minimum Gasteiger partial charge on any atom is -0.464 e. The Hall–Kier alpha value is -1.81. The van der Waals surface area contributed by atoms with E-state index < -0.39 is 17.4 Å². The number of benzene rings is 1. The van der Waals surface area contributed by atoms with Crippen molar-refractivity contribution >= 4 is 23.5 Å². The van der Waals surface area contributed by atoms with Crippen molar-refractivity contribution in [3.05, 3.63) is 47.0 Å². The first-order chi connectivity index (χ1) is 9.04. The van der Waals surface area contributed by atoms with Crippen LogP contribution < -0.4 is 5.32 Å². The maximum atomic E-state index is 12.0. The minimum atomic E-state index is -1.02. The van der Waals surface area contributed by atoms with Gasteiger partial charge in [-0.1, -0.05) is 30.3 Å². The van der Waals surface area contributed by atoms with Gasteiger partial charge in [-0.2, -0.15) is 0 Å². The summed E-state index contributed by atoms with van der Waals surface area (Å²) in [5.41, 5.74) is 0.162. The number of cyclic esters (lactones) is 1. The number of hydrogen-bond donors (Lipinski definition) is 1. The second-order valence-electron chi connectivity index (χ2n) is 4.82. The molecule has 0 bridgehead atoms. The molecule has 5 heteroatoms. The molecule has 0 radical (unpaired) electrons. The Kier molecular flexibility index (Phi) is 2.64. The standard InChI is InChI=1S/C14H12ClNO3/c1-8-11(9-3-2-4-10(15)7-9)14(16-12(8)17)5-6-19-13(14)18/h2-4,7,11H,1,5-6H2,(H,16,17)/t11-,14-/m0/s1. The fraction of sp³-hybridized carbons (Fsp3) is 0.286. The minimum absolute atomic E-state index is 0.302. The van der Waals surface area contributed by atoms with Crippen molar-refractivity contribution in [1.82, 2.24) is 5.32 Å². The molecule has 1 aromatic carbocycles. The van der Waals surface area contributed by atoms with Crippen LogP contribution in [0.2, 0.25) is 5.02 Å². The van der Waals surface area contributed by atoms with Gasteiger partial charge >= 0.3 is 5.97 Å². The highest BCUT2D eigenvalue weighted by atomic mass is 35.5. The van der Waals surface area contributed by atoms with Gasteiger partial charge in [-0.3, -0.25) is 4.79 Å². The molecule has 1 aromatic rings. The number of hydrogen-bond acceptors (Lipinski definition) is 3. The Labute approximate surface area is 115 Å². The Morgan fingerprint density at radius 3 is 2.84 bits per heavy atom. The van der Waals surface area contributed by atoms with Gasteiger partial charge < -0.3 is 10.1 Å². The lowest BCUT2D eigenvalue weighted by Gasteiger charge is -2.26. The van der Waals surface area contributed by atoms with Gasteiger partial charge in [0.15, 0.2) is 5.54 Å². The van der Waals surface area contributed by atoms with Crippen molar-refractivity contribution in [2.24, 2.45) is 0 Å². The SMILES string of the molecule is C=C1C(=O)N[C@@]2(CCOC2=O)[C@@H]1c1cccc(Cl)c1. The van der Waals surface area contributed by atoms with Crippen molar-refractivity contribution in [3.8, 4) is 0 Å². The molecule has 0 aliphatic carbocycles. The van der Waals surface area contributed by atoms with E-state index in [1.807, 2.05) is 6.07 Å². The van der Waals surface area contributed by atoms with Crippen LogP contribution in [0.1, 0.15) is 17.9 Å². The molecule has 2 saturated heterocycles. The van der Waals surface area contributed by atoms with Gasteiger partial charge in [-0.25, -0.2) is 4.79 Å². The predicted molar refractivity (Wildman–Crippen MR) is 69.8 cm³/mol. The van der Waals surface area contributed by atoms with Crippen LogP contribution in [-0.4, -0.2) is 24.0 Å². The lowest BCUT2D eigenvalue weighted by molar-refractivity contribution is -0.144. The van der Waals surface area contributed by atoms with Crippen molar-refractivity contribution in [1.29, 1.82) is 0 Å². The van der Waals surface area contributed by atoms with E-state index >= 15 is 0 Å². The van der Waals surface area contributed by atoms with Gasteiger partial charge in [0, 0.05) is 22.9 Å². The van der Waals surface area contributed by atoms with Gasteiger partial charge in [0.05, 0.1) is 6.61 Å². The Morgan fingerprint density at radius 2 is 2.21 bits per heavy atom. The van der Waals surface area contributed by atoms with E-state index in [1.54, 1.807) is 18.2 Å². The predicted octanol–water partition coefficient (Wildman–Crippen LogP) is 1.80. The lowest BCUT2D eigenvalue weighted by Crippen LogP contribution is -2.49. The van der Waals surface area contributed by atoms with Gasteiger partial charge in [0.1, 0.15) is 0 Å². The Balaban J connectivity index is 2.13. The van der Waals surface area contributed by atoms with E-state index in [-0.39, 0.29) is 5.91 Å². The first-order valence-corrected chi connectivity index (χ1v) is 6.36. The number of nitrogens with one attached hydrogen (secondary N) is 1. The molecule has 2 aliphatic rings. The van der Waals surface area contributed by atoms with Crippen LogP contribution >= 0.6 is 11.6 Å². The molecule has 19 heavy (non-hydrogen) atoms. The fourth-order valence-electron chi connectivity index (χ4n) is 2.87. The summed E-state index contributed by atoms with van der Waals surface area (Å²) in [5, 5.41) is 3.30. The van der Waals surface area contributed by atoms with Crippen molar-refractivity contribution in [3.63, 3.8) is 0 Å². The van der Waals surface area contributed by atoms with Gasteiger partial charge in [-0.05, 0) is 17.7 Å². The quantitative estimate of drug-likeness (QED) is 0.629. The van der Waals surface area contributed by atoms with E-state index in [9.17, 15) is 9.59 Å². The number of rotatable bonds is 1. The number of amides is 1. The number of ether oxygens (including phenoxy) is 1. The third kappa shape index (κ3) is 1.67. The van der Waals surface area contributed by atoms with Crippen LogP contribution in [0, 0.1) is 0 Å². The van der Waals surface area contributed by atoms with Crippen LogP contribution in [0.15, 0.2) is 36.4 Å². The van der Waals surface area contributed by atoms with E-state index in [1.165, 1.54) is 0 Å². The maximum Gasteiger partial charge on any atom is 0.333 e. The molecule has 0 saturated carbocycles. The highest BCUT2D eigenvalue weighted by molar-refractivity contribution is 6.30. The molecule has 0 aromatic heterocycles. The maximum absolute atomic E-state index is 12.0. The third-order valence-corrected chi connectivity index (χ3v) is 3.98. The van der Waals surface area contributed by atoms with E-state index in [0.29, 0.717) is 23.6 Å². The fourth-order valence-corrected chi connectivity index (χ4v) is 3.07. The molecule has 1 N–H and O–H groups in total. The highest BCUT2D eigenvalue weighted by Gasteiger charge is 2.58. The summed E-state index contributed by atoms with van der Waals surface area (Å²) in [6.07, 6.45) is 0.452. The molecular weight excluding hydrogens is 266 g/mol. The monoisotopic (exact) mass is 277 g/mol. The molecule has 2 fully saturated rings. The highest BCUT2D eigenvalue weighted by Crippen LogP contribution is 2.45. The van der Waals surface area contributed by atoms with E-state index in [0.717, 1.165) is 5.56 Å². The largest absolute Gasteiger partial charge is 0.464 e. The molecule has 0 unspecified atom stereocenters. The van der Waals surface area contributed by atoms with E-state index in [4.69, 9.17) is 16.3 Å². The zero-order valence-corrected chi connectivity index (χ0v) is 10.9.